The fraction of sp³-hybridized carbons (Fsp3) is 0.250. The largest absolute Gasteiger partial charge is 0.449 e. The molecule has 3 rings (SSSR count). The Morgan fingerprint density at radius 1 is 1.00 bits per heavy atom. The normalized spacial score (nSPS) is 12.2. The lowest BCUT2D eigenvalue weighted by Crippen LogP contribution is -2.08. The van der Waals surface area contributed by atoms with E-state index in [-0.39, 0.29) is 0 Å². The molecule has 1 aliphatic heterocycles. The number of fused-ring (bicyclic) bond motifs is 2. The van der Waals surface area contributed by atoms with Crippen molar-refractivity contribution < 1.29 is 9.47 Å². The maximum atomic E-state index is 6.01. The van der Waals surface area contributed by atoms with Crippen LogP contribution < -0.4 is 15.2 Å². The molecule has 0 amide bonds. The van der Waals surface area contributed by atoms with Crippen LogP contribution >= 0.6 is 0 Å². The number of aryl methyl sites for hydroxylation is 1. The summed E-state index contributed by atoms with van der Waals surface area (Å²) in [6.07, 6.45) is 0.852. The van der Waals surface area contributed by atoms with E-state index in [1.54, 1.807) is 0 Å². The molecule has 0 aromatic heterocycles. The van der Waals surface area contributed by atoms with Crippen LogP contribution in [0.5, 0.6) is 23.0 Å². The topological polar surface area (TPSA) is 44.5 Å². The zero-order valence-corrected chi connectivity index (χ0v) is 11.2. The number of hydrogen-bond acceptors (Lipinski definition) is 3. The van der Waals surface area contributed by atoms with Crippen LogP contribution in [-0.4, -0.2) is 6.54 Å². The Bertz CT molecular complexity index is 635. The van der Waals surface area contributed by atoms with Gasteiger partial charge in [0, 0.05) is 0 Å². The Morgan fingerprint density at radius 3 is 2.26 bits per heavy atom. The van der Waals surface area contributed by atoms with Gasteiger partial charge < -0.3 is 15.2 Å². The standard InChI is InChI=1S/C16H17NO2/c1-10-9-12(7-8-17)11(2)16-15(10)18-13-5-3-4-6-14(13)19-16/h3-6,9H,7-8,17H2,1-2H3. The Hall–Kier alpha value is -2.00. The van der Waals surface area contributed by atoms with Gasteiger partial charge in [0.1, 0.15) is 0 Å². The predicted octanol–water partition coefficient (Wildman–Crippen LogP) is 3.70. The number of nitrogens with two attached hydrogens (primary N) is 1. The minimum Gasteiger partial charge on any atom is -0.449 e. The molecule has 0 atom stereocenters. The first-order chi connectivity index (χ1) is 9.20. The van der Waals surface area contributed by atoms with E-state index in [1.165, 1.54) is 5.56 Å². The van der Waals surface area contributed by atoms with E-state index in [0.29, 0.717) is 6.54 Å². The van der Waals surface area contributed by atoms with Gasteiger partial charge >= 0.3 is 0 Å². The number of rotatable bonds is 2. The third-order valence-corrected chi connectivity index (χ3v) is 3.46. The summed E-state index contributed by atoms with van der Waals surface area (Å²) in [4.78, 5) is 0. The van der Waals surface area contributed by atoms with Crippen molar-refractivity contribution in [2.75, 3.05) is 6.54 Å². The second-order valence-electron chi connectivity index (χ2n) is 4.83. The highest BCUT2D eigenvalue weighted by Gasteiger charge is 2.23. The van der Waals surface area contributed by atoms with Crippen molar-refractivity contribution in [3.63, 3.8) is 0 Å². The second-order valence-corrected chi connectivity index (χ2v) is 4.83. The van der Waals surface area contributed by atoms with Gasteiger partial charge in [0.05, 0.1) is 0 Å². The van der Waals surface area contributed by atoms with Crippen molar-refractivity contribution in [2.45, 2.75) is 20.3 Å². The number of para-hydroxylation sites is 2. The lowest BCUT2D eigenvalue weighted by molar-refractivity contribution is 0.355. The van der Waals surface area contributed by atoms with Crippen molar-refractivity contribution in [3.8, 4) is 23.0 Å². The van der Waals surface area contributed by atoms with Crippen molar-refractivity contribution >= 4 is 0 Å². The molecule has 2 N–H and O–H groups in total. The summed E-state index contributed by atoms with van der Waals surface area (Å²) in [7, 11) is 0. The summed E-state index contributed by atoms with van der Waals surface area (Å²) < 4.78 is 12.0. The second kappa shape index (κ2) is 4.59. The molecule has 19 heavy (non-hydrogen) atoms. The van der Waals surface area contributed by atoms with Crippen LogP contribution in [0.3, 0.4) is 0 Å². The monoisotopic (exact) mass is 255 g/mol. The lowest BCUT2D eigenvalue weighted by atomic mass is 10.00. The molecule has 0 bridgehead atoms. The van der Waals surface area contributed by atoms with Crippen molar-refractivity contribution in [2.24, 2.45) is 5.73 Å². The molecule has 1 heterocycles. The highest BCUT2D eigenvalue weighted by Crippen LogP contribution is 2.49. The van der Waals surface area contributed by atoms with E-state index in [0.717, 1.165) is 40.5 Å². The van der Waals surface area contributed by atoms with Crippen LogP contribution in [0.1, 0.15) is 16.7 Å². The first-order valence-electron chi connectivity index (χ1n) is 6.48. The Balaban J connectivity index is 2.12. The van der Waals surface area contributed by atoms with E-state index in [1.807, 2.05) is 31.2 Å². The summed E-state index contributed by atoms with van der Waals surface area (Å²) in [5.74, 6) is 3.17. The van der Waals surface area contributed by atoms with Crippen LogP contribution in [0, 0.1) is 13.8 Å². The molecular weight excluding hydrogens is 238 g/mol. The molecule has 0 radical (unpaired) electrons. The molecule has 2 aromatic carbocycles. The number of benzene rings is 2. The van der Waals surface area contributed by atoms with E-state index >= 15 is 0 Å². The van der Waals surface area contributed by atoms with E-state index in [4.69, 9.17) is 15.2 Å². The van der Waals surface area contributed by atoms with Crippen LogP contribution in [0.2, 0.25) is 0 Å². The molecule has 1 aliphatic rings. The molecule has 0 saturated heterocycles. The SMILES string of the molecule is Cc1cc(CCN)c(C)c2c1Oc1ccccc1O2. The first kappa shape index (κ1) is 12.1. The maximum absolute atomic E-state index is 6.01. The van der Waals surface area contributed by atoms with Crippen molar-refractivity contribution in [1.82, 2.24) is 0 Å². The van der Waals surface area contributed by atoms with Gasteiger partial charge in [-0.2, -0.15) is 0 Å². The molecular formula is C16H17NO2. The fourth-order valence-corrected chi connectivity index (χ4v) is 2.43. The zero-order chi connectivity index (χ0) is 13.4. The van der Waals surface area contributed by atoms with Crippen LogP contribution in [-0.2, 0) is 6.42 Å². The van der Waals surface area contributed by atoms with Gasteiger partial charge in [-0.05, 0) is 55.6 Å². The summed E-state index contributed by atoms with van der Waals surface area (Å²) in [6, 6.07) is 9.86. The fourth-order valence-electron chi connectivity index (χ4n) is 2.43. The van der Waals surface area contributed by atoms with Gasteiger partial charge in [0.25, 0.3) is 0 Å². The van der Waals surface area contributed by atoms with E-state index < -0.39 is 0 Å². The molecule has 0 unspecified atom stereocenters. The Kier molecular flexibility index (Phi) is 2.91. The molecule has 2 aromatic rings. The molecule has 98 valence electrons. The van der Waals surface area contributed by atoms with Crippen LogP contribution in [0.4, 0.5) is 0 Å². The minimum absolute atomic E-state index is 0.635. The molecule has 0 spiro atoms. The highest BCUT2D eigenvalue weighted by molar-refractivity contribution is 5.61. The van der Waals surface area contributed by atoms with Gasteiger partial charge in [0.2, 0.25) is 0 Å². The molecule has 0 fully saturated rings. The first-order valence-corrected chi connectivity index (χ1v) is 6.48. The van der Waals surface area contributed by atoms with Gasteiger partial charge in [-0.25, -0.2) is 0 Å². The van der Waals surface area contributed by atoms with Gasteiger partial charge in [-0.15, -0.1) is 0 Å². The quantitative estimate of drug-likeness (QED) is 0.759. The van der Waals surface area contributed by atoms with E-state index in [2.05, 4.69) is 13.0 Å². The van der Waals surface area contributed by atoms with Crippen LogP contribution in [0.15, 0.2) is 30.3 Å². The summed E-state index contributed by atoms with van der Waals surface area (Å²) in [6.45, 7) is 4.73. The highest BCUT2D eigenvalue weighted by atomic mass is 16.6. The summed E-state index contributed by atoms with van der Waals surface area (Å²) >= 11 is 0. The third kappa shape index (κ3) is 1.96. The summed E-state index contributed by atoms with van der Waals surface area (Å²) in [5.41, 5.74) is 9.08. The maximum Gasteiger partial charge on any atom is 0.173 e. The van der Waals surface area contributed by atoms with Gasteiger partial charge in [-0.1, -0.05) is 18.2 Å². The van der Waals surface area contributed by atoms with Gasteiger partial charge in [0.15, 0.2) is 23.0 Å². The third-order valence-electron chi connectivity index (χ3n) is 3.46. The van der Waals surface area contributed by atoms with E-state index in [9.17, 15) is 0 Å². The molecule has 3 heteroatoms. The number of hydrogen-bond donors (Lipinski definition) is 1. The molecule has 0 saturated carbocycles. The zero-order valence-electron chi connectivity index (χ0n) is 11.2. The molecule has 3 nitrogen and oxygen atoms in total. The smallest absolute Gasteiger partial charge is 0.173 e. The molecule has 0 aliphatic carbocycles. The average molecular weight is 255 g/mol. The number of ether oxygens (including phenoxy) is 2. The van der Waals surface area contributed by atoms with Crippen LogP contribution in [0.25, 0.3) is 0 Å². The van der Waals surface area contributed by atoms with Crippen molar-refractivity contribution in [3.05, 3.63) is 47.0 Å². The predicted molar refractivity (Wildman–Crippen MR) is 75.3 cm³/mol. The summed E-state index contributed by atoms with van der Waals surface area (Å²) in [5, 5.41) is 0. The lowest BCUT2D eigenvalue weighted by Gasteiger charge is -2.25. The Morgan fingerprint density at radius 2 is 1.63 bits per heavy atom. The van der Waals surface area contributed by atoms with Gasteiger partial charge in [-0.3, -0.25) is 0 Å². The minimum atomic E-state index is 0.635. The average Bonchev–Trinajstić information content (AvgIpc) is 2.43. The van der Waals surface area contributed by atoms with Crippen molar-refractivity contribution in [1.29, 1.82) is 0 Å². The Labute approximate surface area is 113 Å².